The Balaban J connectivity index is 1.67. The highest BCUT2D eigenvalue weighted by Gasteiger charge is 2.09. The molecular formula is C21H23N5O. The average molecular weight is 361 g/mol. The predicted octanol–water partition coefficient (Wildman–Crippen LogP) is 4.16. The monoisotopic (exact) mass is 361 g/mol. The maximum Gasteiger partial charge on any atom is 0.258 e. The van der Waals surface area contributed by atoms with E-state index in [9.17, 15) is 4.79 Å². The molecule has 0 saturated carbocycles. The van der Waals surface area contributed by atoms with E-state index in [1.165, 1.54) is 12.4 Å². The number of rotatable bonds is 5. The predicted molar refractivity (Wildman–Crippen MR) is 110 cm³/mol. The summed E-state index contributed by atoms with van der Waals surface area (Å²) in [6.07, 6.45) is 3.04. The van der Waals surface area contributed by atoms with Gasteiger partial charge in [-0.2, -0.15) is 0 Å². The SMILES string of the molecule is Cc1ccc(C)c(Nc2ncc(C(=O)Nc3ccc(N(C)C)cc3)cn2)c1. The minimum atomic E-state index is -0.245. The number of aryl methyl sites for hydroxylation is 2. The molecule has 3 rings (SSSR count). The highest BCUT2D eigenvalue weighted by molar-refractivity contribution is 6.04. The van der Waals surface area contributed by atoms with Crippen molar-refractivity contribution >= 4 is 28.9 Å². The highest BCUT2D eigenvalue weighted by Crippen LogP contribution is 2.20. The summed E-state index contributed by atoms with van der Waals surface area (Å²) in [4.78, 5) is 22.9. The van der Waals surface area contributed by atoms with Gasteiger partial charge in [0.25, 0.3) is 5.91 Å². The lowest BCUT2D eigenvalue weighted by molar-refractivity contribution is 0.102. The first-order valence-electron chi connectivity index (χ1n) is 8.67. The first-order chi connectivity index (χ1) is 12.9. The van der Waals surface area contributed by atoms with Crippen LogP contribution in [0.25, 0.3) is 0 Å². The molecular weight excluding hydrogens is 338 g/mol. The van der Waals surface area contributed by atoms with Crippen LogP contribution >= 0.6 is 0 Å². The molecule has 1 aromatic heterocycles. The first kappa shape index (κ1) is 18.4. The molecule has 1 heterocycles. The zero-order chi connectivity index (χ0) is 19.4. The molecule has 0 unspecified atom stereocenters. The molecule has 0 saturated heterocycles. The summed E-state index contributed by atoms with van der Waals surface area (Å²) in [5.74, 6) is 0.210. The Bertz CT molecular complexity index is 934. The smallest absolute Gasteiger partial charge is 0.258 e. The minimum absolute atomic E-state index is 0.245. The molecule has 27 heavy (non-hydrogen) atoms. The van der Waals surface area contributed by atoms with E-state index in [1.807, 2.05) is 69.2 Å². The summed E-state index contributed by atoms with van der Waals surface area (Å²) >= 11 is 0. The summed E-state index contributed by atoms with van der Waals surface area (Å²) in [6, 6.07) is 13.8. The Morgan fingerprint density at radius 1 is 0.963 bits per heavy atom. The zero-order valence-corrected chi connectivity index (χ0v) is 15.9. The third-order valence-corrected chi connectivity index (χ3v) is 4.20. The van der Waals surface area contributed by atoms with Crippen molar-refractivity contribution in [2.75, 3.05) is 29.6 Å². The van der Waals surface area contributed by atoms with E-state index in [0.29, 0.717) is 11.5 Å². The van der Waals surface area contributed by atoms with E-state index in [4.69, 9.17) is 0 Å². The molecule has 138 valence electrons. The summed E-state index contributed by atoms with van der Waals surface area (Å²) in [5.41, 5.74) is 5.40. The van der Waals surface area contributed by atoms with Gasteiger partial charge in [0.15, 0.2) is 0 Å². The molecule has 6 nitrogen and oxygen atoms in total. The Hall–Kier alpha value is -3.41. The minimum Gasteiger partial charge on any atom is -0.378 e. The fourth-order valence-corrected chi connectivity index (χ4v) is 2.55. The second-order valence-electron chi connectivity index (χ2n) is 6.63. The summed E-state index contributed by atoms with van der Waals surface area (Å²) < 4.78 is 0. The Morgan fingerprint density at radius 3 is 2.26 bits per heavy atom. The molecule has 0 atom stereocenters. The zero-order valence-electron chi connectivity index (χ0n) is 15.9. The van der Waals surface area contributed by atoms with Crippen molar-refractivity contribution in [1.29, 1.82) is 0 Å². The maximum atomic E-state index is 12.4. The average Bonchev–Trinajstić information content (AvgIpc) is 2.65. The number of nitrogens with one attached hydrogen (secondary N) is 2. The van der Waals surface area contributed by atoms with Crippen LogP contribution in [0.1, 0.15) is 21.5 Å². The Labute approximate surface area is 159 Å². The van der Waals surface area contributed by atoms with Crippen molar-refractivity contribution < 1.29 is 4.79 Å². The molecule has 1 amide bonds. The van der Waals surface area contributed by atoms with Gasteiger partial charge in [0.05, 0.1) is 5.56 Å². The van der Waals surface area contributed by atoms with Gasteiger partial charge in [0, 0.05) is 43.6 Å². The van der Waals surface area contributed by atoms with Gasteiger partial charge in [0.2, 0.25) is 5.95 Å². The largest absolute Gasteiger partial charge is 0.378 e. The fraction of sp³-hybridized carbons (Fsp3) is 0.190. The van der Waals surface area contributed by atoms with Gasteiger partial charge in [-0.15, -0.1) is 0 Å². The second kappa shape index (κ2) is 7.86. The second-order valence-corrected chi connectivity index (χ2v) is 6.63. The highest BCUT2D eigenvalue weighted by atomic mass is 16.1. The Kier molecular flexibility index (Phi) is 5.35. The van der Waals surface area contributed by atoms with Crippen LogP contribution in [0.3, 0.4) is 0 Å². The molecule has 0 aliphatic carbocycles. The normalized spacial score (nSPS) is 10.4. The van der Waals surface area contributed by atoms with Gasteiger partial charge in [0.1, 0.15) is 0 Å². The van der Waals surface area contributed by atoms with Crippen molar-refractivity contribution in [3.8, 4) is 0 Å². The molecule has 2 aromatic carbocycles. The fourth-order valence-electron chi connectivity index (χ4n) is 2.55. The van der Waals surface area contributed by atoms with Crippen molar-refractivity contribution in [3.63, 3.8) is 0 Å². The van der Waals surface area contributed by atoms with E-state index in [-0.39, 0.29) is 5.91 Å². The maximum absolute atomic E-state index is 12.4. The van der Waals surface area contributed by atoms with Crippen LogP contribution in [0.15, 0.2) is 54.9 Å². The van der Waals surface area contributed by atoms with Crippen molar-refractivity contribution in [2.45, 2.75) is 13.8 Å². The van der Waals surface area contributed by atoms with Gasteiger partial charge in [-0.05, 0) is 55.3 Å². The van der Waals surface area contributed by atoms with Gasteiger partial charge in [-0.1, -0.05) is 12.1 Å². The van der Waals surface area contributed by atoms with Crippen LogP contribution in [0.2, 0.25) is 0 Å². The van der Waals surface area contributed by atoms with Gasteiger partial charge < -0.3 is 15.5 Å². The topological polar surface area (TPSA) is 70.2 Å². The van der Waals surface area contributed by atoms with Crippen LogP contribution in [-0.4, -0.2) is 30.0 Å². The number of anilines is 4. The van der Waals surface area contributed by atoms with Crippen molar-refractivity contribution in [1.82, 2.24) is 9.97 Å². The first-order valence-corrected chi connectivity index (χ1v) is 8.67. The molecule has 0 bridgehead atoms. The quantitative estimate of drug-likeness (QED) is 0.714. The molecule has 2 N–H and O–H groups in total. The van der Waals surface area contributed by atoms with Crippen molar-refractivity contribution in [3.05, 3.63) is 71.5 Å². The summed E-state index contributed by atoms with van der Waals surface area (Å²) in [7, 11) is 3.94. The van der Waals surface area contributed by atoms with Gasteiger partial charge in [-0.3, -0.25) is 4.79 Å². The van der Waals surface area contributed by atoms with Crippen LogP contribution in [0.5, 0.6) is 0 Å². The number of carbonyl (C=O) groups is 1. The summed E-state index contributed by atoms with van der Waals surface area (Å²) in [5, 5.41) is 6.04. The van der Waals surface area contributed by atoms with E-state index < -0.39 is 0 Å². The van der Waals surface area contributed by atoms with Crippen LogP contribution in [-0.2, 0) is 0 Å². The number of nitrogens with zero attached hydrogens (tertiary/aromatic N) is 3. The standard InChI is InChI=1S/C21H23N5O/c1-14-5-6-15(2)19(11-14)25-21-22-12-16(13-23-21)20(27)24-17-7-9-18(10-8-17)26(3)4/h5-13H,1-4H3,(H,24,27)(H,22,23,25). The van der Waals surface area contributed by atoms with E-state index >= 15 is 0 Å². The van der Waals surface area contributed by atoms with E-state index in [1.54, 1.807) is 0 Å². The lowest BCUT2D eigenvalue weighted by Gasteiger charge is -2.13. The molecule has 0 aliphatic heterocycles. The van der Waals surface area contributed by atoms with Gasteiger partial charge >= 0.3 is 0 Å². The number of hydrogen-bond acceptors (Lipinski definition) is 5. The van der Waals surface area contributed by atoms with Crippen LogP contribution in [0, 0.1) is 13.8 Å². The molecule has 0 radical (unpaired) electrons. The van der Waals surface area contributed by atoms with Gasteiger partial charge in [-0.25, -0.2) is 9.97 Å². The molecule has 0 spiro atoms. The van der Waals surface area contributed by atoms with Crippen molar-refractivity contribution in [2.24, 2.45) is 0 Å². The third-order valence-electron chi connectivity index (χ3n) is 4.20. The molecule has 0 fully saturated rings. The number of carbonyl (C=O) groups excluding carboxylic acids is 1. The third kappa shape index (κ3) is 4.61. The van der Waals surface area contributed by atoms with E-state index in [0.717, 1.165) is 28.2 Å². The lowest BCUT2D eigenvalue weighted by Crippen LogP contribution is -2.13. The summed E-state index contributed by atoms with van der Waals surface area (Å²) in [6.45, 7) is 4.05. The molecule has 6 heteroatoms. The van der Waals surface area contributed by atoms with Crippen LogP contribution < -0.4 is 15.5 Å². The number of benzene rings is 2. The van der Waals surface area contributed by atoms with E-state index in [2.05, 4.69) is 26.7 Å². The molecule has 0 aliphatic rings. The Morgan fingerprint density at radius 2 is 1.63 bits per heavy atom. The number of hydrogen-bond donors (Lipinski definition) is 2. The number of amides is 1. The molecule has 3 aromatic rings. The lowest BCUT2D eigenvalue weighted by atomic mass is 10.1. The van der Waals surface area contributed by atoms with Crippen LogP contribution in [0.4, 0.5) is 23.0 Å². The number of aromatic nitrogens is 2.